The van der Waals surface area contributed by atoms with Crippen LogP contribution in [-0.4, -0.2) is 27.7 Å². The zero-order chi connectivity index (χ0) is 22.3. The highest BCUT2D eigenvalue weighted by Crippen LogP contribution is 2.35. The van der Waals surface area contributed by atoms with E-state index in [4.69, 9.17) is 23.2 Å². The Morgan fingerprint density at radius 1 is 0.935 bits per heavy atom. The van der Waals surface area contributed by atoms with Crippen LogP contribution in [0.5, 0.6) is 5.75 Å². The van der Waals surface area contributed by atoms with Crippen molar-refractivity contribution in [3.05, 3.63) is 93.0 Å². The second-order valence-electron chi connectivity index (χ2n) is 7.07. The molecule has 8 heteroatoms. The highest BCUT2D eigenvalue weighted by Gasteiger charge is 2.39. The van der Waals surface area contributed by atoms with Crippen LogP contribution < -0.4 is 5.32 Å². The van der Waals surface area contributed by atoms with Crippen LogP contribution in [0.4, 0.5) is 5.69 Å². The third-order valence-electron chi connectivity index (χ3n) is 5.12. The Labute approximate surface area is 188 Å². The van der Waals surface area contributed by atoms with Crippen LogP contribution in [0.3, 0.4) is 0 Å². The highest BCUT2D eigenvalue weighted by molar-refractivity contribution is 6.37. The zero-order valence-electron chi connectivity index (χ0n) is 16.2. The molecule has 31 heavy (non-hydrogen) atoms. The van der Waals surface area contributed by atoms with Crippen molar-refractivity contribution < 1.29 is 19.5 Å². The molecule has 0 radical (unpaired) electrons. The predicted octanol–water partition coefficient (Wildman–Crippen LogP) is 5.31. The van der Waals surface area contributed by atoms with E-state index in [2.05, 4.69) is 5.32 Å². The lowest BCUT2D eigenvalue weighted by atomic mass is 10.1. The minimum Gasteiger partial charge on any atom is -0.505 e. The second kappa shape index (κ2) is 8.06. The molecule has 1 unspecified atom stereocenters. The molecule has 1 heterocycles. The summed E-state index contributed by atoms with van der Waals surface area (Å²) in [6.07, 6.45) is 0. The van der Waals surface area contributed by atoms with Crippen molar-refractivity contribution in [3.8, 4) is 5.75 Å². The summed E-state index contributed by atoms with van der Waals surface area (Å²) in [4.78, 5) is 39.7. The van der Waals surface area contributed by atoms with Crippen LogP contribution in [0.1, 0.15) is 49.6 Å². The average molecular weight is 455 g/mol. The smallest absolute Gasteiger partial charge is 0.262 e. The molecule has 0 aliphatic carbocycles. The number of hydrogen-bond acceptors (Lipinski definition) is 4. The minimum atomic E-state index is -0.518. The Kier molecular flexibility index (Phi) is 5.43. The lowest BCUT2D eigenvalue weighted by molar-refractivity contribution is 0.0595. The third-order valence-corrected chi connectivity index (χ3v) is 5.70. The molecular formula is C23H16Cl2N2O4. The number of rotatable bonds is 4. The van der Waals surface area contributed by atoms with Gasteiger partial charge in [-0.2, -0.15) is 0 Å². The molecule has 3 aromatic carbocycles. The molecule has 0 bridgehead atoms. The van der Waals surface area contributed by atoms with Gasteiger partial charge in [-0.1, -0.05) is 53.5 Å². The summed E-state index contributed by atoms with van der Waals surface area (Å²) in [6.45, 7) is 1.78. The highest BCUT2D eigenvalue weighted by atomic mass is 35.5. The van der Waals surface area contributed by atoms with Crippen LogP contribution in [0.2, 0.25) is 10.0 Å². The number of anilines is 1. The van der Waals surface area contributed by atoms with Crippen molar-refractivity contribution in [2.24, 2.45) is 0 Å². The van der Waals surface area contributed by atoms with Crippen LogP contribution >= 0.6 is 23.2 Å². The number of phenolic OH excluding ortho intramolecular Hbond substituents is 1. The van der Waals surface area contributed by atoms with E-state index in [0.717, 1.165) is 5.56 Å². The molecule has 0 saturated carbocycles. The molecule has 3 amide bonds. The molecule has 156 valence electrons. The largest absolute Gasteiger partial charge is 0.505 e. The normalized spacial score (nSPS) is 13.8. The molecule has 0 aromatic heterocycles. The van der Waals surface area contributed by atoms with Gasteiger partial charge in [-0.25, -0.2) is 0 Å². The van der Waals surface area contributed by atoms with Crippen molar-refractivity contribution in [1.82, 2.24) is 4.90 Å². The first-order valence-electron chi connectivity index (χ1n) is 9.34. The van der Waals surface area contributed by atoms with E-state index in [9.17, 15) is 19.5 Å². The Hall–Kier alpha value is -3.35. The summed E-state index contributed by atoms with van der Waals surface area (Å²) in [7, 11) is 0. The number of halogens is 2. The fraction of sp³-hybridized carbons (Fsp3) is 0.0870. The molecule has 6 nitrogen and oxygen atoms in total. The first-order chi connectivity index (χ1) is 14.8. The molecule has 1 atom stereocenters. The van der Waals surface area contributed by atoms with Crippen molar-refractivity contribution in [2.75, 3.05) is 5.32 Å². The number of amides is 3. The number of phenols is 1. The molecule has 3 aromatic rings. The summed E-state index contributed by atoms with van der Waals surface area (Å²) in [5.41, 5.74) is 1.72. The van der Waals surface area contributed by atoms with Gasteiger partial charge in [-0.3, -0.25) is 19.3 Å². The molecule has 1 aliphatic heterocycles. The average Bonchev–Trinajstić information content (AvgIpc) is 3.01. The number of carbonyl (C=O) groups excluding carboxylic acids is 3. The molecule has 0 saturated heterocycles. The molecular weight excluding hydrogens is 439 g/mol. The van der Waals surface area contributed by atoms with Crippen molar-refractivity contribution in [3.63, 3.8) is 0 Å². The van der Waals surface area contributed by atoms with Gasteiger partial charge in [0.1, 0.15) is 0 Å². The molecule has 0 fully saturated rings. The number of imide groups is 1. The first-order valence-corrected chi connectivity index (χ1v) is 10.1. The maximum atomic E-state index is 13.0. The van der Waals surface area contributed by atoms with Gasteiger partial charge in [0, 0.05) is 11.3 Å². The first kappa shape index (κ1) is 20.9. The molecule has 2 N–H and O–H groups in total. The Balaban J connectivity index is 1.60. The zero-order valence-corrected chi connectivity index (χ0v) is 17.7. The number of hydrogen-bond donors (Lipinski definition) is 2. The Bertz CT molecular complexity index is 1200. The van der Waals surface area contributed by atoms with Crippen molar-refractivity contribution >= 4 is 46.6 Å². The van der Waals surface area contributed by atoms with E-state index >= 15 is 0 Å². The minimum absolute atomic E-state index is 0.0110. The van der Waals surface area contributed by atoms with E-state index < -0.39 is 23.8 Å². The van der Waals surface area contributed by atoms with Crippen LogP contribution in [0.15, 0.2) is 60.7 Å². The monoisotopic (exact) mass is 454 g/mol. The van der Waals surface area contributed by atoms with E-state index in [1.807, 2.05) is 30.3 Å². The van der Waals surface area contributed by atoms with Gasteiger partial charge in [0.05, 0.1) is 27.2 Å². The van der Waals surface area contributed by atoms with Crippen LogP contribution in [-0.2, 0) is 0 Å². The van der Waals surface area contributed by atoms with E-state index in [1.54, 1.807) is 6.92 Å². The van der Waals surface area contributed by atoms with Gasteiger partial charge in [0.15, 0.2) is 5.75 Å². The summed E-state index contributed by atoms with van der Waals surface area (Å²) in [5, 5.41) is 12.2. The lowest BCUT2D eigenvalue weighted by Gasteiger charge is -2.22. The molecule has 1 aliphatic rings. The quantitative estimate of drug-likeness (QED) is 0.413. The SMILES string of the molecule is CC(c1ccccc1)N1C(=O)c2ccc(C(=O)Nc3cc(Cl)c(O)c(Cl)c3)cc2C1=O. The maximum Gasteiger partial charge on any atom is 0.262 e. The predicted molar refractivity (Wildman–Crippen MR) is 118 cm³/mol. The lowest BCUT2D eigenvalue weighted by Crippen LogP contribution is -2.32. The Morgan fingerprint density at radius 3 is 2.19 bits per heavy atom. The summed E-state index contributed by atoms with van der Waals surface area (Å²) < 4.78 is 0. The fourth-order valence-electron chi connectivity index (χ4n) is 3.47. The fourth-order valence-corrected chi connectivity index (χ4v) is 3.96. The summed E-state index contributed by atoms with van der Waals surface area (Å²) in [5.74, 6) is -1.66. The molecule has 4 rings (SSSR count). The van der Waals surface area contributed by atoms with Crippen molar-refractivity contribution in [1.29, 1.82) is 0 Å². The van der Waals surface area contributed by atoms with Gasteiger partial charge < -0.3 is 10.4 Å². The van der Waals surface area contributed by atoms with Crippen LogP contribution in [0.25, 0.3) is 0 Å². The van der Waals surface area contributed by atoms with Gasteiger partial charge in [0.25, 0.3) is 17.7 Å². The number of carbonyl (C=O) groups is 3. The number of aromatic hydroxyl groups is 1. The second-order valence-corrected chi connectivity index (χ2v) is 7.88. The van der Waals surface area contributed by atoms with Gasteiger partial charge in [0.2, 0.25) is 0 Å². The van der Waals surface area contributed by atoms with Gasteiger partial charge in [-0.15, -0.1) is 0 Å². The van der Waals surface area contributed by atoms with E-state index in [-0.39, 0.29) is 38.2 Å². The molecule has 0 spiro atoms. The number of benzene rings is 3. The topological polar surface area (TPSA) is 86.7 Å². The van der Waals surface area contributed by atoms with E-state index in [1.165, 1.54) is 35.2 Å². The summed E-state index contributed by atoms with van der Waals surface area (Å²) >= 11 is 11.8. The number of nitrogens with one attached hydrogen (secondary N) is 1. The number of nitrogens with zero attached hydrogens (tertiary/aromatic N) is 1. The van der Waals surface area contributed by atoms with Crippen LogP contribution in [0, 0.1) is 0 Å². The van der Waals surface area contributed by atoms with E-state index in [0.29, 0.717) is 0 Å². The standard InChI is InChI=1S/C23H16Cl2N2O4/c1-12(13-5-3-2-4-6-13)27-22(30)16-8-7-14(9-17(16)23(27)31)21(29)26-15-10-18(24)20(28)19(25)11-15/h2-12,28H,1H3,(H,26,29). The van der Waals surface area contributed by atoms with Gasteiger partial charge in [-0.05, 0) is 42.8 Å². The third kappa shape index (κ3) is 3.76. The number of fused-ring (bicyclic) bond motifs is 1. The maximum absolute atomic E-state index is 13.0. The Morgan fingerprint density at radius 2 is 1.55 bits per heavy atom. The van der Waals surface area contributed by atoms with Crippen molar-refractivity contribution in [2.45, 2.75) is 13.0 Å². The summed E-state index contributed by atoms with van der Waals surface area (Å²) in [6, 6.07) is 15.8. The van der Waals surface area contributed by atoms with Gasteiger partial charge >= 0.3 is 0 Å².